The molecular formula is C23H28FNO4. The van der Waals surface area contributed by atoms with Crippen LogP contribution in [-0.4, -0.2) is 38.7 Å². The Kier molecular flexibility index (Phi) is 8.52. The summed E-state index contributed by atoms with van der Waals surface area (Å²) in [5.74, 6) is 0.845. The molecule has 0 aliphatic heterocycles. The highest BCUT2D eigenvalue weighted by atomic mass is 19.1. The molecule has 5 nitrogen and oxygen atoms in total. The topological polar surface area (TPSA) is 48.0 Å². The quantitative estimate of drug-likeness (QED) is 0.428. The monoisotopic (exact) mass is 401 g/mol. The van der Waals surface area contributed by atoms with Crippen LogP contribution in [0.3, 0.4) is 0 Å². The predicted octanol–water partition coefficient (Wildman–Crippen LogP) is 4.69. The van der Waals surface area contributed by atoms with Gasteiger partial charge in [-0.15, -0.1) is 0 Å². The van der Waals surface area contributed by atoms with Crippen LogP contribution in [0.2, 0.25) is 0 Å². The third-order valence-electron chi connectivity index (χ3n) is 4.37. The molecule has 2 aromatic rings. The highest BCUT2D eigenvalue weighted by Gasteiger charge is 2.10. The molecule has 0 heterocycles. The lowest BCUT2D eigenvalue weighted by molar-refractivity contribution is -0.125. The summed E-state index contributed by atoms with van der Waals surface area (Å²) in [6.45, 7) is 3.03. The Morgan fingerprint density at radius 3 is 2.45 bits per heavy atom. The molecule has 0 unspecified atom stereocenters. The molecule has 1 amide bonds. The molecule has 2 aromatic carbocycles. The minimum Gasteiger partial charge on any atom is -0.494 e. The van der Waals surface area contributed by atoms with E-state index in [0.29, 0.717) is 23.7 Å². The van der Waals surface area contributed by atoms with Gasteiger partial charge in [-0.05, 0) is 47.9 Å². The third-order valence-corrected chi connectivity index (χ3v) is 4.37. The summed E-state index contributed by atoms with van der Waals surface area (Å²) in [4.78, 5) is 13.9. The van der Waals surface area contributed by atoms with Crippen molar-refractivity contribution in [2.24, 2.45) is 0 Å². The fourth-order valence-electron chi connectivity index (χ4n) is 2.69. The summed E-state index contributed by atoms with van der Waals surface area (Å²) >= 11 is 0. The van der Waals surface area contributed by atoms with Crippen LogP contribution in [0.5, 0.6) is 17.2 Å². The van der Waals surface area contributed by atoms with Crippen LogP contribution in [0.1, 0.15) is 30.9 Å². The fraction of sp³-hybridized carbons (Fsp3) is 0.348. The Balaban J connectivity index is 2.00. The van der Waals surface area contributed by atoms with E-state index in [9.17, 15) is 9.18 Å². The second kappa shape index (κ2) is 11.1. The van der Waals surface area contributed by atoms with E-state index in [1.54, 1.807) is 32.4 Å². The van der Waals surface area contributed by atoms with E-state index in [-0.39, 0.29) is 18.2 Å². The lowest BCUT2D eigenvalue weighted by atomic mass is 10.1. The highest BCUT2D eigenvalue weighted by Crippen LogP contribution is 2.28. The van der Waals surface area contributed by atoms with Crippen molar-refractivity contribution < 1.29 is 23.4 Å². The second-order valence-electron chi connectivity index (χ2n) is 6.61. The number of benzene rings is 2. The van der Waals surface area contributed by atoms with E-state index in [0.717, 1.165) is 18.4 Å². The molecule has 0 saturated heterocycles. The van der Waals surface area contributed by atoms with E-state index in [2.05, 4.69) is 6.92 Å². The van der Waals surface area contributed by atoms with Gasteiger partial charge in [0, 0.05) is 19.7 Å². The van der Waals surface area contributed by atoms with E-state index in [1.807, 2.05) is 18.2 Å². The van der Waals surface area contributed by atoms with Crippen molar-refractivity contribution in [3.05, 3.63) is 59.4 Å². The van der Waals surface area contributed by atoms with Crippen LogP contribution in [0.25, 0.3) is 6.08 Å². The van der Waals surface area contributed by atoms with Crippen molar-refractivity contribution in [1.29, 1.82) is 0 Å². The first-order chi connectivity index (χ1) is 14.0. The minimum atomic E-state index is -0.449. The smallest absolute Gasteiger partial charge is 0.246 e. The molecule has 0 aromatic heterocycles. The van der Waals surface area contributed by atoms with Crippen molar-refractivity contribution in [2.75, 3.05) is 27.9 Å². The van der Waals surface area contributed by atoms with Gasteiger partial charge in [-0.2, -0.15) is 0 Å². The summed E-state index contributed by atoms with van der Waals surface area (Å²) in [6, 6.07) is 10.2. The van der Waals surface area contributed by atoms with E-state index >= 15 is 0 Å². The summed E-state index contributed by atoms with van der Waals surface area (Å²) < 4.78 is 29.8. The molecule has 0 aliphatic rings. The Labute approximate surface area is 171 Å². The van der Waals surface area contributed by atoms with Gasteiger partial charge in [0.25, 0.3) is 0 Å². The van der Waals surface area contributed by atoms with Crippen molar-refractivity contribution in [3.63, 3.8) is 0 Å². The Morgan fingerprint density at radius 2 is 1.79 bits per heavy atom. The Morgan fingerprint density at radius 1 is 1.07 bits per heavy atom. The molecule has 156 valence electrons. The first-order valence-electron chi connectivity index (χ1n) is 9.55. The normalized spacial score (nSPS) is 10.8. The number of unbranched alkanes of at least 4 members (excludes halogenated alkanes) is 1. The van der Waals surface area contributed by atoms with E-state index in [1.165, 1.54) is 24.2 Å². The summed E-state index contributed by atoms with van der Waals surface area (Å²) in [5, 5.41) is 0. The fourth-order valence-corrected chi connectivity index (χ4v) is 2.69. The van der Waals surface area contributed by atoms with Gasteiger partial charge >= 0.3 is 0 Å². The summed E-state index contributed by atoms with van der Waals surface area (Å²) in [6.07, 6.45) is 5.23. The Bertz CT molecular complexity index is 851. The molecule has 29 heavy (non-hydrogen) atoms. The number of amides is 1. The van der Waals surface area contributed by atoms with Crippen LogP contribution in [-0.2, 0) is 11.3 Å². The molecule has 0 spiro atoms. The number of hydrogen-bond donors (Lipinski definition) is 0. The van der Waals surface area contributed by atoms with Gasteiger partial charge in [0.15, 0.2) is 23.1 Å². The number of carbonyl (C=O) groups is 1. The van der Waals surface area contributed by atoms with Crippen LogP contribution in [0.15, 0.2) is 42.5 Å². The van der Waals surface area contributed by atoms with Crippen LogP contribution >= 0.6 is 0 Å². The van der Waals surface area contributed by atoms with Crippen LogP contribution in [0.4, 0.5) is 4.39 Å². The molecule has 2 rings (SSSR count). The standard InChI is InChI=1S/C23H28FNO4/c1-5-6-13-29-21-11-7-17(15-22(21)28-4)9-12-23(26)25(2)16-18-8-10-20(27-3)19(24)14-18/h7-12,14-15H,5-6,13,16H2,1-4H3/b12-9+. The first-order valence-corrected chi connectivity index (χ1v) is 9.55. The van der Waals surface area contributed by atoms with Gasteiger partial charge in [0.1, 0.15) is 0 Å². The van der Waals surface area contributed by atoms with Gasteiger partial charge in [-0.3, -0.25) is 4.79 Å². The lowest BCUT2D eigenvalue weighted by Gasteiger charge is -2.16. The third kappa shape index (κ3) is 6.52. The van der Waals surface area contributed by atoms with Crippen molar-refractivity contribution in [1.82, 2.24) is 4.90 Å². The van der Waals surface area contributed by atoms with Crippen molar-refractivity contribution >= 4 is 12.0 Å². The zero-order valence-electron chi connectivity index (χ0n) is 17.4. The molecule has 0 saturated carbocycles. The number of ether oxygens (including phenoxy) is 3. The average molecular weight is 401 g/mol. The number of hydrogen-bond acceptors (Lipinski definition) is 4. The number of carbonyl (C=O) groups excluding carboxylic acids is 1. The molecule has 0 fully saturated rings. The van der Waals surface area contributed by atoms with Gasteiger partial charge in [-0.1, -0.05) is 25.5 Å². The van der Waals surface area contributed by atoms with Gasteiger partial charge in [-0.25, -0.2) is 4.39 Å². The average Bonchev–Trinajstić information content (AvgIpc) is 2.72. The molecule has 0 atom stereocenters. The highest BCUT2D eigenvalue weighted by molar-refractivity contribution is 5.91. The minimum absolute atomic E-state index is 0.179. The van der Waals surface area contributed by atoms with Crippen molar-refractivity contribution in [3.8, 4) is 17.2 Å². The maximum Gasteiger partial charge on any atom is 0.246 e. The van der Waals surface area contributed by atoms with Crippen molar-refractivity contribution in [2.45, 2.75) is 26.3 Å². The zero-order chi connectivity index (χ0) is 21.2. The number of halogens is 1. The number of rotatable bonds is 10. The van der Waals surface area contributed by atoms with Gasteiger partial charge < -0.3 is 19.1 Å². The molecule has 0 bridgehead atoms. The summed E-state index contributed by atoms with van der Waals surface area (Å²) in [7, 11) is 4.67. The first kappa shape index (κ1) is 22.3. The zero-order valence-corrected chi connectivity index (χ0v) is 17.4. The molecule has 0 aliphatic carbocycles. The molecule has 0 radical (unpaired) electrons. The largest absolute Gasteiger partial charge is 0.494 e. The number of methoxy groups -OCH3 is 2. The molecule has 0 N–H and O–H groups in total. The molecular weight excluding hydrogens is 373 g/mol. The van der Waals surface area contributed by atoms with Gasteiger partial charge in [0.05, 0.1) is 20.8 Å². The maximum atomic E-state index is 13.8. The Hall–Kier alpha value is -3.02. The van der Waals surface area contributed by atoms with Crippen LogP contribution < -0.4 is 14.2 Å². The SMILES string of the molecule is CCCCOc1ccc(/C=C/C(=O)N(C)Cc2ccc(OC)c(F)c2)cc1OC. The van der Waals surface area contributed by atoms with E-state index < -0.39 is 5.82 Å². The van der Waals surface area contributed by atoms with Gasteiger partial charge in [0.2, 0.25) is 5.91 Å². The van der Waals surface area contributed by atoms with Crippen LogP contribution in [0, 0.1) is 5.82 Å². The van der Waals surface area contributed by atoms with E-state index in [4.69, 9.17) is 14.2 Å². The number of nitrogens with zero attached hydrogens (tertiary/aromatic N) is 1. The maximum absolute atomic E-state index is 13.8. The second-order valence-corrected chi connectivity index (χ2v) is 6.61. The molecule has 6 heteroatoms. The summed E-state index contributed by atoms with van der Waals surface area (Å²) in [5.41, 5.74) is 1.50. The number of likely N-dealkylation sites (N-methyl/N-ethyl adjacent to an activating group) is 1. The predicted molar refractivity (Wildman–Crippen MR) is 112 cm³/mol. The lowest BCUT2D eigenvalue weighted by Crippen LogP contribution is -2.24.